The van der Waals surface area contributed by atoms with Crippen molar-refractivity contribution in [2.75, 3.05) is 12.8 Å². The molecule has 1 atom stereocenters. The Morgan fingerprint density at radius 2 is 2.15 bits per heavy atom. The second kappa shape index (κ2) is 4.54. The van der Waals surface area contributed by atoms with E-state index in [0.29, 0.717) is 11.8 Å². The van der Waals surface area contributed by atoms with E-state index < -0.39 is 0 Å². The molecular formula is C14H21N5O. The molecule has 2 N–H and O–H groups in total. The number of nitrogens with zero attached hydrogens (tertiary/aromatic N) is 4. The largest absolute Gasteiger partial charge is 0.481 e. The Balaban J connectivity index is 2.21. The Hall–Kier alpha value is -1.98. The van der Waals surface area contributed by atoms with Gasteiger partial charge in [-0.3, -0.25) is 0 Å². The molecule has 0 aromatic carbocycles. The van der Waals surface area contributed by atoms with E-state index in [0.717, 1.165) is 41.6 Å². The number of ether oxygens (including phenoxy) is 1. The van der Waals surface area contributed by atoms with Gasteiger partial charge in [-0.2, -0.15) is 5.10 Å². The molecule has 20 heavy (non-hydrogen) atoms. The van der Waals surface area contributed by atoms with Crippen molar-refractivity contribution in [2.24, 2.45) is 7.05 Å². The summed E-state index contributed by atoms with van der Waals surface area (Å²) in [5, 5.41) is 4.41. The number of anilines is 1. The van der Waals surface area contributed by atoms with Gasteiger partial charge in [0.25, 0.3) is 0 Å². The van der Waals surface area contributed by atoms with Crippen molar-refractivity contribution in [1.29, 1.82) is 0 Å². The van der Waals surface area contributed by atoms with E-state index in [1.54, 1.807) is 11.8 Å². The van der Waals surface area contributed by atoms with Crippen LogP contribution in [0.1, 0.15) is 37.2 Å². The molecule has 1 unspecified atom stereocenters. The average Bonchev–Trinajstić information content (AvgIpc) is 2.88. The van der Waals surface area contributed by atoms with Crippen LogP contribution in [0.15, 0.2) is 0 Å². The summed E-state index contributed by atoms with van der Waals surface area (Å²) >= 11 is 0. The Kier molecular flexibility index (Phi) is 2.96. The predicted octanol–water partition coefficient (Wildman–Crippen LogP) is 2.08. The van der Waals surface area contributed by atoms with E-state index in [1.165, 1.54) is 6.42 Å². The lowest BCUT2D eigenvalue weighted by Gasteiger charge is -2.20. The highest BCUT2D eigenvalue weighted by Crippen LogP contribution is 2.39. The van der Waals surface area contributed by atoms with E-state index in [-0.39, 0.29) is 0 Å². The highest BCUT2D eigenvalue weighted by Gasteiger charge is 2.27. The first-order valence-corrected chi connectivity index (χ1v) is 6.98. The number of aromatic nitrogens is 4. The van der Waals surface area contributed by atoms with Gasteiger partial charge in [0.1, 0.15) is 17.3 Å². The summed E-state index contributed by atoms with van der Waals surface area (Å²) in [5.74, 6) is 2.95. The van der Waals surface area contributed by atoms with Crippen LogP contribution in [0.4, 0.5) is 5.82 Å². The fourth-order valence-electron chi connectivity index (χ4n) is 3.11. The molecule has 0 radical (unpaired) electrons. The number of imidazole rings is 1. The van der Waals surface area contributed by atoms with Crippen LogP contribution in [0.5, 0.6) is 5.88 Å². The molecule has 6 nitrogen and oxygen atoms in total. The van der Waals surface area contributed by atoms with Gasteiger partial charge in [-0.15, -0.1) is 0 Å². The second-order valence-electron chi connectivity index (χ2n) is 5.49. The molecule has 0 spiro atoms. The molecule has 2 aromatic heterocycles. The van der Waals surface area contributed by atoms with Crippen LogP contribution >= 0.6 is 0 Å². The zero-order valence-corrected chi connectivity index (χ0v) is 12.5. The fourth-order valence-corrected chi connectivity index (χ4v) is 3.11. The maximum atomic E-state index is 6.33. The topological polar surface area (TPSA) is 70.9 Å². The molecule has 0 saturated carbocycles. The van der Waals surface area contributed by atoms with Crippen molar-refractivity contribution in [1.82, 2.24) is 19.3 Å². The lowest BCUT2D eigenvalue weighted by atomic mass is 10.0. The maximum absolute atomic E-state index is 6.33. The van der Waals surface area contributed by atoms with E-state index in [2.05, 4.69) is 16.6 Å². The summed E-state index contributed by atoms with van der Waals surface area (Å²) in [6.07, 6.45) is 2.32. The zero-order chi connectivity index (χ0) is 14.4. The summed E-state index contributed by atoms with van der Waals surface area (Å²) in [6, 6.07) is 0. The van der Waals surface area contributed by atoms with Crippen LogP contribution in [-0.4, -0.2) is 26.4 Å². The van der Waals surface area contributed by atoms with Gasteiger partial charge in [-0.25, -0.2) is 9.67 Å². The highest BCUT2D eigenvalue weighted by molar-refractivity contribution is 5.77. The third-order valence-corrected chi connectivity index (χ3v) is 4.10. The number of aryl methyl sites for hydroxylation is 2. The lowest BCUT2D eigenvalue weighted by molar-refractivity contribution is 0.374. The van der Waals surface area contributed by atoms with Gasteiger partial charge in [0, 0.05) is 19.5 Å². The maximum Gasteiger partial charge on any atom is 0.221 e. The van der Waals surface area contributed by atoms with Crippen LogP contribution in [0.2, 0.25) is 0 Å². The molecule has 3 rings (SSSR count). The highest BCUT2D eigenvalue weighted by atomic mass is 16.5. The van der Waals surface area contributed by atoms with Crippen LogP contribution in [0, 0.1) is 6.92 Å². The Morgan fingerprint density at radius 1 is 1.40 bits per heavy atom. The average molecular weight is 275 g/mol. The number of nitrogens with two attached hydrogens (primary N) is 1. The van der Waals surface area contributed by atoms with E-state index in [4.69, 9.17) is 15.5 Å². The Bertz CT molecular complexity index is 655. The monoisotopic (exact) mass is 275 g/mol. The third-order valence-electron chi connectivity index (χ3n) is 4.10. The first kappa shape index (κ1) is 13.0. The smallest absolute Gasteiger partial charge is 0.221 e. The van der Waals surface area contributed by atoms with Crippen LogP contribution in [-0.2, 0) is 13.6 Å². The van der Waals surface area contributed by atoms with Crippen molar-refractivity contribution in [3.8, 4) is 17.1 Å². The van der Waals surface area contributed by atoms with Gasteiger partial charge in [0.2, 0.25) is 5.88 Å². The number of rotatable bonds is 2. The van der Waals surface area contributed by atoms with E-state index in [1.807, 2.05) is 14.0 Å². The van der Waals surface area contributed by atoms with Gasteiger partial charge in [0.05, 0.1) is 18.4 Å². The minimum absolute atomic E-state index is 0.447. The van der Waals surface area contributed by atoms with Gasteiger partial charge < -0.3 is 15.0 Å². The van der Waals surface area contributed by atoms with Gasteiger partial charge in [-0.1, -0.05) is 6.92 Å². The van der Waals surface area contributed by atoms with Crippen molar-refractivity contribution < 1.29 is 4.74 Å². The molecule has 3 heterocycles. The van der Waals surface area contributed by atoms with Crippen molar-refractivity contribution in [2.45, 2.75) is 39.2 Å². The third kappa shape index (κ3) is 1.71. The molecular weight excluding hydrogens is 254 g/mol. The summed E-state index contributed by atoms with van der Waals surface area (Å²) in [6.45, 7) is 5.10. The molecule has 0 aliphatic carbocycles. The minimum Gasteiger partial charge on any atom is -0.481 e. The van der Waals surface area contributed by atoms with E-state index >= 15 is 0 Å². The predicted molar refractivity (Wildman–Crippen MR) is 77.8 cm³/mol. The number of hydrogen-bond acceptors (Lipinski definition) is 4. The van der Waals surface area contributed by atoms with Gasteiger partial charge in [0.15, 0.2) is 0 Å². The molecule has 2 aromatic rings. The Labute approximate surface area is 118 Å². The van der Waals surface area contributed by atoms with Crippen LogP contribution in [0.25, 0.3) is 11.3 Å². The second-order valence-corrected chi connectivity index (χ2v) is 5.49. The van der Waals surface area contributed by atoms with Crippen molar-refractivity contribution >= 4 is 5.82 Å². The van der Waals surface area contributed by atoms with Gasteiger partial charge in [-0.05, 0) is 19.8 Å². The zero-order valence-electron chi connectivity index (χ0n) is 12.5. The number of methoxy groups -OCH3 is 1. The van der Waals surface area contributed by atoms with Crippen LogP contribution in [0.3, 0.4) is 0 Å². The molecule has 0 fully saturated rings. The van der Waals surface area contributed by atoms with Crippen molar-refractivity contribution in [3.05, 3.63) is 11.5 Å². The standard InChI is InChI=1S/C14H21N5O/c1-8-6-5-7-19-12(15)11(16-13(8)19)10-9(2)17-18(3)14(10)20-4/h8H,5-7,15H2,1-4H3. The van der Waals surface area contributed by atoms with Crippen LogP contribution < -0.4 is 10.5 Å². The normalized spacial score (nSPS) is 18.1. The summed E-state index contributed by atoms with van der Waals surface area (Å²) < 4.78 is 9.32. The Morgan fingerprint density at radius 3 is 2.80 bits per heavy atom. The molecule has 108 valence electrons. The molecule has 1 aliphatic heterocycles. The quantitative estimate of drug-likeness (QED) is 0.911. The molecule has 6 heteroatoms. The summed E-state index contributed by atoms with van der Waals surface area (Å²) in [5.41, 5.74) is 8.92. The number of hydrogen-bond donors (Lipinski definition) is 1. The SMILES string of the molecule is COc1c(-c2nc3n(c2N)CCCC3C)c(C)nn1C. The minimum atomic E-state index is 0.447. The summed E-state index contributed by atoms with van der Waals surface area (Å²) in [4.78, 5) is 4.79. The molecule has 0 bridgehead atoms. The molecule has 0 saturated heterocycles. The van der Waals surface area contributed by atoms with E-state index in [9.17, 15) is 0 Å². The molecule has 0 amide bonds. The number of nitrogen functional groups attached to an aromatic ring is 1. The molecule has 1 aliphatic rings. The first-order chi connectivity index (χ1) is 9.54. The van der Waals surface area contributed by atoms with Crippen molar-refractivity contribution in [3.63, 3.8) is 0 Å². The van der Waals surface area contributed by atoms with Gasteiger partial charge >= 0.3 is 0 Å². The number of fused-ring (bicyclic) bond motifs is 1. The first-order valence-electron chi connectivity index (χ1n) is 6.98. The summed E-state index contributed by atoms with van der Waals surface area (Å²) in [7, 11) is 3.51. The lowest BCUT2D eigenvalue weighted by Crippen LogP contribution is -2.15. The fraction of sp³-hybridized carbons (Fsp3) is 0.571.